The van der Waals surface area contributed by atoms with Crippen LogP contribution in [0.2, 0.25) is 5.02 Å². The first kappa shape index (κ1) is 21.0. The Hall–Kier alpha value is -2.77. The maximum absolute atomic E-state index is 12.3. The molecule has 0 bridgehead atoms. The van der Waals surface area contributed by atoms with E-state index < -0.39 is 0 Å². The minimum absolute atomic E-state index is 0.152. The molecule has 0 aliphatic carbocycles. The lowest BCUT2D eigenvalue weighted by Gasteiger charge is -2.29. The number of hydrazone groups is 1. The number of amidine groups is 1. The number of benzene rings is 2. The van der Waals surface area contributed by atoms with Crippen molar-refractivity contribution in [2.45, 2.75) is 13.0 Å². The molecule has 1 aliphatic rings. The van der Waals surface area contributed by atoms with Crippen LogP contribution in [0.1, 0.15) is 6.92 Å². The third kappa shape index (κ3) is 6.10. The molecule has 6 nitrogen and oxygen atoms in total. The van der Waals surface area contributed by atoms with Gasteiger partial charge in [-0.1, -0.05) is 47.6 Å². The molecular weight excluding hydrogens is 408 g/mol. The number of ether oxygens (including phenoxy) is 1. The van der Waals surface area contributed by atoms with Crippen molar-refractivity contribution in [2.75, 3.05) is 17.6 Å². The van der Waals surface area contributed by atoms with Crippen LogP contribution in [0.15, 0.2) is 77.3 Å². The molecule has 0 saturated carbocycles. The predicted octanol–water partition coefficient (Wildman–Crippen LogP) is 4.65. The standard InChI is InChI=1S/C21H21ClN4O2S/c1-3-13-26-15(2)20(28-18-7-5-4-6-8-18)24-21(25-26)29-14-19(27)23-17-11-9-16(22)10-12-17/h3-12,15H,1,13-14H2,2H3,(H,23,27). The number of amides is 1. The number of thioether (sulfide) groups is 1. The van der Waals surface area contributed by atoms with Crippen molar-refractivity contribution in [1.29, 1.82) is 0 Å². The minimum Gasteiger partial charge on any atom is -0.441 e. The SMILES string of the molecule is C=CCN1N=C(SCC(=O)Nc2ccc(Cl)cc2)N=C(Oc2ccccc2)C1C. The fourth-order valence-electron chi connectivity index (χ4n) is 2.50. The number of halogens is 1. The average Bonchev–Trinajstić information content (AvgIpc) is 2.72. The molecule has 1 N–H and O–H groups in total. The van der Waals surface area contributed by atoms with E-state index in [1.165, 1.54) is 11.8 Å². The topological polar surface area (TPSA) is 66.3 Å². The number of hydrogen-bond donors (Lipinski definition) is 1. The molecule has 0 spiro atoms. The molecular formula is C21H21ClN4O2S. The predicted molar refractivity (Wildman–Crippen MR) is 121 cm³/mol. The lowest BCUT2D eigenvalue weighted by atomic mass is 10.3. The molecule has 1 amide bonds. The maximum atomic E-state index is 12.3. The Kier molecular flexibility index (Phi) is 7.32. The molecule has 29 heavy (non-hydrogen) atoms. The Morgan fingerprint density at radius 1 is 1.28 bits per heavy atom. The third-order valence-electron chi connectivity index (χ3n) is 3.97. The zero-order valence-electron chi connectivity index (χ0n) is 15.9. The Balaban J connectivity index is 1.66. The highest BCUT2D eigenvalue weighted by molar-refractivity contribution is 8.14. The van der Waals surface area contributed by atoms with Crippen molar-refractivity contribution in [1.82, 2.24) is 5.01 Å². The van der Waals surface area contributed by atoms with Crippen LogP contribution < -0.4 is 10.1 Å². The van der Waals surface area contributed by atoms with Crippen molar-refractivity contribution < 1.29 is 9.53 Å². The average molecular weight is 429 g/mol. The summed E-state index contributed by atoms with van der Waals surface area (Å²) in [6, 6.07) is 16.2. The van der Waals surface area contributed by atoms with Crippen molar-refractivity contribution in [3.63, 3.8) is 0 Å². The summed E-state index contributed by atoms with van der Waals surface area (Å²) >= 11 is 7.11. The van der Waals surface area contributed by atoms with Gasteiger partial charge in [0.15, 0.2) is 0 Å². The Morgan fingerprint density at radius 2 is 2.00 bits per heavy atom. The highest BCUT2D eigenvalue weighted by Crippen LogP contribution is 2.20. The summed E-state index contributed by atoms with van der Waals surface area (Å²) in [4.78, 5) is 16.8. The van der Waals surface area contributed by atoms with E-state index in [0.29, 0.717) is 34.1 Å². The largest absolute Gasteiger partial charge is 0.441 e. The molecule has 150 valence electrons. The molecule has 1 aliphatic heterocycles. The zero-order valence-corrected chi connectivity index (χ0v) is 17.5. The van der Waals surface area contributed by atoms with Gasteiger partial charge in [-0.2, -0.15) is 4.99 Å². The van der Waals surface area contributed by atoms with Crippen LogP contribution in [0, 0.1) is 0 Å². The number of anilines is 1. The summed E-state index contributed by atoms with van der Waals surface area (Å²) in [5.41, 5.74) is 0.684. The Morgan fingerprint density at radius 3 is 2.69 bits per heavy atom. The second kappa shape index (κ2) is 10.1. The first-order valence-electron chi connectivity index (χ1n) is 9.01. The fourth-order valence-corrected chi connectivity index (χ4v) is 3.28. The number of aliphatic imine (C=N–C) groups is 1. The van der Waals surface area contributed by atoms with Crippen molar-refractivity contribution in [3.8, 4) is 5.75 Å². The molecule has 0 aromatic heterocycles. The van der Waals surface area contributed by atoms with Gasteiger partial charge < -0.3 is 10.1 Å². The first-order chi connectivity index (χ1) is 14.0. The lowest BCUT2D eigenvalue weighted by molar-refractivity contribution is -0.113. The van der Waals surface area contributed by atoms with E-state index in [4.69, 9.17) is 16.3 Å². The van der Waals surface area contributed by atoms with Gasteiger partial charge >= 0.3 is 0 Å². The fraction of sp³-hybridized carbons (Fsp3) is 0.190. The normalized spacial score (nSPS) is 15.9. The second-order valence-electron chi connectivity index (χ2n) is 6.18. The monoisotopic (exact) mass is 428 g/mol. The van der Waals surface area contributed by atoms with E-state index in [9.17, 15) is 4.79 Å². The summed E-state index contributed by atoms with van der Waals surface area (Å²) in [6.45, 7) is 6.28. The highest BCUT2D eigenvalue weighted by atomic mass is 35.5. The van der Waals surface area contributed by atoms with E-state index >= 15 is 0 Å². The van der Waals surface area contributed by atoms with E-state index in [1.54, 1.807) is 30.3 Å². The van der Waals surface area contributed by atoms with Gasteiger partial charge in [-0.3, -0.25) is 9.80 Å². The maximum Gasteiger partial charge on any atom is 0.234 e. The molecule has 0 fully saturated rings. The highest BCUT2D eigenvalue weighted by Gasteiger charge is 2.25. The van der Waals surface area contributed by atoms with Crippen LogP contribution in [0.3, 0.4) is 0 Å². The molecule has 2 aromatic carbocycles. The molecule has 0 radical (unpaired) electrons. The molecule has 1 heterocycles. The Bertz CT molecular complexity index is 916. The minimum atomic E-state index is -0.158. The van der Waals surface area contributed by atoms with Crippen LogP contribution in [-0.2, 0) is 4.79 Å². The van der Waals surface area contributed by atoms with Gasteiger partial charge in [-0.15, -0.1) is 11.7 Å². The summed E-state index contributed by atoms with van der Waals surface area (Å²) < 4.78 is 5.95. The molecule has 1 atom stereocenters. The quantitative estimate of drug-likeness (QED) is 0.680. The lowest BCUT2D eigenvalue weighted by Crippen LogP contribution is -2.42. The van der Waals surface area contributed by atoms with Crippen molar-refractivity contribution >= 4 is 46.0 Å². The molecule has 8 heteroatoms. The van der Waals surface area contributed by atoms with Crippen LogP contribution in [0.5, 0.6) is 5.75 Å². The number of carbonyl (C=O) groups excluding carboxylic acids is 1. The number of rotatable bonds is 6. The van der Waals surface area contributed by atoms with Gasteiger partial charge in [0, 0.05) is 10.7 Å². The van der Waals surface area contributed by atoms with Crippen LogP contribution in [0.4, 0.5) is 5.69 Å². The van der Waals surface area contributed by atoms with Gasteiger partial charge in [-0.05, 0) is 43.3 Å². The van der Waals surface area contributed by atoms with Crippen LogP contribution in [0.25, 0.3) is 0 Å². The van der Waals surface area contributed by atoms with E-state index in [1.807, 2.05) is 42.3 Å². The summed E-state index contributed by atoms with van der Waals surface area (Å²) in [5, 5.41) is 10.2. The van der Waals surface area contributed by atoms with E-state index in [2.05, 4.69) is 22.0 Å². The van der Waals surface area contributed by atoms with Gasteiger partial charge in [0.1, 0.15) is 11.8 Å². The van der Waals surface area contributed by atoms with Gasteiger partial charge in [0.25, 0.3) is 0 Å². The second-order valence-corrected chi connectivity index (χ2v) is 7.56. The Labute approximate surface area is 179 Å². The molecule has 2 aromatic rings. The number of hydrogen-bond acceptors (Lipinski definition) is 6. The zero-order chi connectivity index (χ0) is 20.6. The number of carbonyl (C=O) groups is 1. The number of nitrogens with one attached hydrogen (secondary N) is 1. The summed E-state index contributed by atoms with van der Waals surface area (Å²) in [6.07, 6.45) is 1.76. The van der Waals surface area contributed by atoms with Crippen LogP contribution >= 0.6 is 23.4 Å². The van der Waals surface area contributed by atoms with Gasteiger partial charge in [-0.25, -0.2) is 0 Å². The smallest absolute Gasteiger partial charge is 0.234 e. The first-order valence-corrected chi connectivity index (χ1v) is 10.4. The molecule has 0 saturated heterocycles. The van der Waals surface area contributed by atoms with E-state index in [0.717, 1.165) is 0 Å². The number of para-hydroxylation sites is 1. The van der Waals surface area contributed by atoms with Crippen molar-refractivity contribution in [3.05, 3.63) is 72.3 Å². The van der Waals surface area contributed by atoms with Crippen LogP contribution in [-0.4, -0.2) is 40.3 Å². The summed E-state index contributed by atoms with van der Waals surface area (Å²) in [5.74, 6) is 1.23. The third-order valence-corrected chi connectivity index (χ3v) is 5.06. The molecule has 3 rings (SSSR count). The van der Waals surface area contributed by atoms with Gasteiger partial charge in [0.05, 0.1) is 12.3 Å². The van der Waals surface area contributed by atoms with Crippen molar-refractivity contribution in [2.24, 2.45) is 10.1 Å². The van der Waals surface area contributed by atoms with E-state index in [-0.39, 0.29) is 17.7 Å². The van der Waals surface area contributed by atoms with Gasteiger partial charge in [0.2, 0.25) is 17.0 Å². The molecule has 1 unspecified atom stereocenters. The number of nitrogens with zero attached hydrogens (tertiary/aromatic N) is 3. The summed E-state index contributed by atoms with van der Waals surface area (Å²) in [7, 11) is 0.